The normalized spacial score (nSPS) is 26.4. The van der Waals surface area contributed by atoms with Gasteiger partial charge in [0, 0.05) is 6.04 Å². The van der Waals surface area contributed by atoms with Crippen LogP contribution in [0.3, 0.4) is 0 Å². The van der Waals surface area contributed by atoms with E-state index >= 15 is 0 Å². The van der Waals surface area contributed by atoms with E-state index in [1.165, 1.54) is 57.1 Å². The third-order valence-electron chi connectivity index (χ3n) is 3.87. The Balaban J connectivity index is 2.47. The number of nitrogens with one attached hydrogen (secondary N) is 1. The predicted octanol–water partition coefficient (Wildman–Crippen LogP) is 4.29. The van der Waals surface area contributed by atoms with E-state index in [1.54, 1.807) is 0 Å². The highest BCUT2D eigenvalue weighted by Crippen LogP contribution is 2.28. The molecule has 0 amide bonds. The zero-order valence-corrected chi connectivity index (χ0v) is 11.2. The van der Waals surface area contributed by atoms with E-state index in [9.17, 15) is 0 Å². The van der Waals surface area contributed by atoms with Crippen molar-refractivity contribution in [1.29, 1.82) is 0 Å². The highest BCUT2D eigenvalue weighted by atomic mass is 14.9. The van der Waals surface area contributed by atoms with E-state index in [0.717, 1.165) is 18.4 Å². The van der Waals surface area contributed by atoms with Gasteiger partial charge < -0.3 is 5.32 Å². The maximum absolute atomic E-state index is 4.18. The molecule has 1 N–H and O–H groups in total. The van der Waals surface area contributed by atoms with Crippen LogP contribution < -0.4 is 5.32 Å². The second kappa shape index (κ2) is 7.89. The Morgan fingerprint density at radius 3 is 2.62 bits per heavy atom. The van der Waals surface area contributed by atoms with Crippen LogP contribution in [0.2, 0.25) is 0 Å². The molecule has 0 aliphatic heterocycles. The molecule has 0 bridgehead atoms. The van der Waals surface area contributed by atoms with Crippen molar-refractivity contribution < 1.29 is 0 Å². The molecule has 1 aliphatic rings. The van der Waals surface area contributed by atoms with Gasteiger partial charge in [-0.15, -0.1) is 0 Å². The molecule has 0 radical (unpaired) electrons. The largest absolute Gasteiger partial charge is 0.314 e. The first kappa shape index (κ1) is 13.8. The van der Waals surface area contributed by atoms with Crippen LogP contribution in [0.5, 0.6) is 0 Å². The van der Waals surface area contributed by atoms with Crippen LogP contribution in [-0.2, 0) is 0 Å². The number of hydrogen-bond acceptors (Lipinski definition) is 1. The second-order valence-corrected chi connectivity index (χ2v) is 5.27. The molecule has 1 heteroatoms. The van der Waals surface area contributed by atoms with Crippen LogP contribution in [0.15, 0.2) is 12.2 Å². The van der Waals surface area contributed by atoms with E-state index < -0.39 is 0 Å². The highest BCUT2D eigenvalue weighted by Gasteiger charge is 2.23. The Morgan fingerprint density at radius 2 is 1.94 bits per heavy atom. The van der Waals surface area contributed by atoms with Crippen molar-refractivity contribution >= 4 is 0 Å². The lowest BCUT2D eigenvalue weighted by Crippen LogP contribution is -2.36. The SMILES string of the molecule is C=C(CC)CC1CCCCCC1NCCC. The summed E-state index contributed by atoms with van der Waals surface area (Å²) in [6.45, 7) is 9.85. The van der Waals surface area contributed by atoms with Gasteiger partial charge in [-0.05, 0) is 44.6 Å². The predicted molar refractivity (Wildman–Crippen MR) is 72.7 cm³/mol. The first-order valence-electron chi connectivity index (χ1n) is 7.18. The van der Waals surface area contributed by atoms with E-state index in [1.807, 2.05) is 0 Å². The minimum absolute atomic E-state index is 0.755. The van der Waals surface area contributed by atoms with Crippen molar-refractivity contribution in [2.24, 2.45) is 5.92 Å². The van der Waals surface area contributed by atoms with E-state index in [2.05, 4.69) is 25.7 Å². The molecule has 1 aliphatic carbocycles. The van der Waals surface area contributed by atoms with Gasteiger partial charge in [0.25, 0.3) is 0 Å². The molecular formula is C15H29N. The van der Waals surface area contributed by atoms with Crippen LogP contribution in [0.25, 0.3) is 0 Å². The molecule has 1 nitrogen and oxygen atoms in total. The monoisotopic (exact) mass is 223 g/mol. The van der Waals surface area contributed by atoms with Crippen LogP contribution in [0.4, 0.5) is 0 Å². The van der Waals surface area contributed by atoms with Gasteiger partial charge in [-0.25, -0.2) is 0 Å². The lowest BCUT2D eigenvalue weighted by atomic mass is 9.88. The zero-order valence-electron chi connectivity index (χ0n) is 11.2. The Bertz CT molecular complexity index is 198. The van der Waals surface area contributed by atoms with Crippen molar-refractivity contribution in [2.45, 2.75) is 71.3 Å². The third kappa shape index (κ3) is 4.69. The molecule has 0 aromatic rings. The third-order valence-corrected chi connectivity index (χ3v) is 3.87. The molecule has 1 rings (SSSR count). The maximum Gasteiger partial charge on any atom is 0.00983 e. The van der Waals surface area contributed by atoms with Crippen LogP contribution in [0.1, 0.15) is 65.2 Å². The minimum Gasteiger partial charge on any atom is -0.314 e. The summed E-state index contributed by atoms with van der Waals surface area (Å²) in [4.78, 5) is 0. The fourth-order valence-electron chi connectivity index (χ4n) is 2.74. The summed E-state index contributed by atoms with van der Waals surface area (Å²) in [6, 6.07) is 0.755. The van der Waals surface area contributed by atoms with E-state index in [-0.39, 0.29) is 0 Å². The number of allylic oxidation sites excluding steroid dienone is 1. The molecule has 94 valence electrons. The molecule has 2 atom stereocenters. The Morgan fingerprint density at radius 1 is 1.19 bits per heavy atom. The molecular weight excluding hydrogens is 194 g/mol. The Kier molecular flexibility index (Phi) is 6.79. The summed E-state index contributed by atoms with van der Waals surface area (Å²) < 4.78 is 0. The Hall–Kier alpha value is -0.300. The number of hydrogen-bond donors (Lipinski definition) is 1. The lowest BCUT2D eigenvalue weighted by Gasteiger charge is -2.27. The van der Waals surface area contributed by atoms with Gasteiger partial charge in [0.1, 0.15) is 0 Å². The molecule has 0 aromatic carbocycles. The van der Waals surface area contributed by atoms with Gasteiger partial charge in [0.15, 0.2) is 0 Å². The average Bonchev–Trinajstić information content (AvgIpc) is 2.52. The minimum atomic E-state index is 0.755. The van der Waals surface area contributed by atoms with Gasteiger partial charge in [0.2, 0.25) is 0 Å². The summed E-state index contributed by atoms with van der Waals surface area (Å²) in [7, 11) is 0. The van der Waals surface area contributed by atoms with Crippen molar-refractivity contribution in [1.82, 2.24) is 5.32 Å². The zero-order chi connectivity index (χ0) is 11.8. The fourth-order valence-corrected chi connectivity index (χ4v) is 2.74. The summed E-state index contributed by atoms with van der Waals surface area (Å²) in [5.41, 5.74) is 1.44. The topological polar surface area (TPSA) is 12.0 Å². The van der Waals surface area contributed by atoms with Crippen LogP contribution in [-0.4, -0.2) is 12.6 Å². The summed E-state index contributed by atoms with van der Waals surface area (Å²) in [6.07, 6.45) is 10.7. The fraction of sp³-hybridized carbons (Fsp3) is 0.867. The van der Waals surface area contributed by atoms with Crippen molar-refractivity contribution in [2.75, 3.05) is 6.54 Å². The molecule has 1 saturated carbocycles. The molecule has 0 aromatic heterocycles. The first-order valence-corrected chi connectivity index (χ1v) is 7.18. The van der Waals surface area contributed by atoms with Crippen LogP contribution >= 0.6 is 0 Å². The smallest absolute Gasteiger partial charge is 0.00983 e. The maximum atomic E-state index is 4.18. The summed E-state index contributed by atoms with van der Waals surface area (Å²) >= 11 is 0. The number of rotatable bonds is 6. The van der Waals surface area contributed by atoms with E-state index in [4.69, 9.17) is 0 Å². The first-order chi connectivity index (χ1) is 7.77. The summed E-state index contributed by atoms with van der Waals surface area (Å²) in [5, 5.41) is 3.75. The van der Waals surface area contributed by atoms with Gasteiger partial charge >= 0.3 is 0 Å². The second-order valence-electron chi connectivity index (χ2n) is 5.27. The van der Waals surface area contributed by atoms with Gasteiger partial charge in [-0.2, -0.15) is 0 Å². The van der Waals surface area contributed by atoms with E-state index in [0.29, 0.717) is 0 Å². The van der Waals surface area contributed by atoms with Crippen molar-refractivity contribution in [3.63, 3.8) is 0 Å². The van der Waals surface area contributed by atoms with Gasteiger partial charge in [-0.3, -0.25) is 0 Å². The Labute approximate surface area is 102 Å². The lowest BCUT2D eigenvalue weighted by molar-refractivity contribution is 0.330. The standard InChI is InChI=1S/C15H29N/c1-4-11-16-15-10-8-6-7-9-14(15)12-13(3)5-2/h14-16H,3-12H2,1-2H3. The highest BCUT2D eigenvalue weighted by molar-refractivity contribution is 4.97. The molecule has 1 fully saturated rings. The van der Waals surface area contributed by atoms with Crippen molar-refractivity contribution in [3.05, 3.63) is 12.2 Å². The van der Waals surface area contributed by atoms with Gasteiger partial charge in [-0.1, -0.05) is 45.3 Å². The quantitative estimate of drug-likeness (QED) is 0.523. The molecule has 2 unspecified atom stereocenters. The molecule has 0 saturated heterocycles. The van der Waals surface area contributed by atoms with Crippen molar-refractivity contribution in [3.8, 4) is 0 Å². The molecule has 16 heavy (non-hydrogen) atoms. The van der Waals surface area contributed by atoms with Gasteiger partial charge in [0.05, 0.1) is 0 Å². The van der Waals surface area contributed by atoms with Crippen LogP contribution in [0, 0.1) is 5.92 Å². The molecule has 0 heterocycles. The summed E-state index contributed by atoms with van der Waals surface area (Å²) in [5.74, 6) is 0.849. The molecule has 0 spiro atoms. The average molecular weight is 223 g/mol.